The van der Waals surface area contributed by atoms with Crippen LogP contribution in [0.4, 0.5) is 5.82 Å². The Morgan fingerprint density at radius 1 is 1.15 bits per heavy atom. The van der Waals surface area contributed by atoms with Gasteiger partial charge in [0.2, 0.25) is 0 Å². The van der Waals surface area contributed by atoms with Crippen LogP contribution in [0.25, 0.3) is 22.0 Å². The van der Waals surface area contributed by atoms with Gasteiger partial charge >= 0.3 is 0 Å². The number of benzene rings is 2. The van der Waals surface area contributed by atoms with Gasteiger partial charge in [0.15, 0.2) is 0 Å². The second-order valence-electron chi connectivity index (χ2n) is 6.84. The molecule has 2 heterocycles. The van der Waals surface area contributed by atoms with E-state index in [1.165, 1.54) is 0 Å². The summed E-state index contributed by atoms with van der Waals surface area (Å²) in [5.41, 5.74) is 2.91. The van der Waals surface area contributed by atoms with Gasteiger partial charge < -0.3 is 4.90 Å². The maximum absolute atomic E-state index is 9.07. The third-order valence-corrected chi connectivity index (χ3v) is 5.81. The topological polar surface area (TPSA) is 52.8 Å². The largest absolute Gasteiger partial charge is 0.356 e. The Morgan fingerprint density at radius 2 is 2.04 bits per heavy atom. The van der Waals surface area contributed by atoms with Crippen LogP contribution in [0.1, 0.15) is 19.3 Å². The minimum absolute atomic E-state index is 0.380. The van der Waals surface area contributed by atoms with E-state index in [1.807, 2.05) is 30.3 Å². The van der Waals surface area contributed by atoms with Crippen LogP contribution in [0.15, 0.2) is 42.7 Å². The molecule has 4 nitrogen and oxygen atoms in total. The molecule has 3 aromatic rings. The summed E-state index contributed by atoms with van der Waals surface area (Å²) in [6, 6.07) is 14.0. The first-order chi connectivity index (χ1) is 13.2. The van der Waals surface area contributed by atoms with Crippen LogP contribution >= 0.6 is 23.2 Å². The van der Waals surface area contributed by atoms with Gasteiger partial charge in [-0.2, -0.15) is 5.26 Å². The fraction of sp³-hybridized carbons (Fsp3) is 0.286. The smallest absolute Gasteiger partial charge is 0.140 e. The summed E-state index contributed by atoms with van der Waals surface area (Å²) < 4.78 is 0. The maximum Gasteiger partial charge on any atom is 0.140 e. The van der Waals surface area contributed by atoms with Crippen molar-refractivity contribution in [2.24, 2.45) is 5.92 Å². The minimum atomic E-state index is 0.380. The lowest BCUT2D eigenvalue weighted by atomic mass is 9.94. The molecule has 2 aromatic carbocycles. The van der Waals surface area contributed by atoms with E-state index in [4.69, 9.17) is 28.5 Å². The zero-order chi connectivity index (χ0) is 18.8. The fourth-order valence-corrected chi connectivity index (χ4v) is 4.09. The molecule has 0 unspecified atom stereocenters. The molecule has 1 aromatic heterocycles. The summed E-state index contributed by atoms with van der Waals surface area (Å²) in [5, 5.41) is 11.1. The van der Waals surface area contributed by atoms with Gasteiger partial charge in [-0.25, -0.2) is 9.97 Å². The Kier molecular flexibility index (Phi) is 5.15. The molecule has 0 spiro atoms. The average molecular weight is 397 g/mol. The number of anilines is 1. The van der Waals surface area contributed by atoms with Crippen molar-refractivity contribution in [2.75, 3.05) is 18.0 Å². The molecule has 1 aliphatic heterocycles. The number of aromatic nitrogens is 2. The molecule has 0 aliphatic carbocycles. The summed E-state index contributed by atoms with van der Waals surface area (Å²) >= 11 is 12.3. The number of nitrogens with zero attached hydrogens (tertiary/aromatic N) is 4. The highest BCUT2D eigenvalue weighted by Gasteiger charge is 2.23. The van der Waals surface area contributed by atoms with Crippen molar-refractivity contribution in [2.45, 2.75) is 19.3 Å². The van der Waals surface area contributed by atoms with Gasteiger partial charge in [-0.1, -0.05) is 41.4 Å². The number of halogens is 2. The van der Waals surface area contributed by atoms with Gasteiger partial charge in [0, 0.05) is 19.5 Å². The molecule has 0 bridgehead atoms. The predicted molar refractivity (Wildman–Crippen MR) is 110 cm³/mol. The van der Waals surface area contributed by atoms with Crippen LogP contribution in [-0.4, -0.2) is 23.1 Å². The molecular weight excluding hydrogens is 379 g/mol. The fourth-order valence-electron chi connectivity index (χ4n) is 3.79. The molecule has 6 heteroatoms. The van der Waals surface area contributed by atoms with Gasteiger partial charge in [0.25, 0.3) is 0 Å². The van der Waals surface area contributed by atoms with Gasteiger partial charge in [-0.3, -0.25) is 0 Å². The second kappa shape index (κ2) is 7.72. The standard InChI is InChI=1S/C21H18Cl2N4/c22-17-7-6-15(11-18(17)23)16-4-1-5-19-20(16)21(26-13-25-19)27-10-2-3-14(12-27)8-9-24/h1,4-7,11,13-14H,2-3,8,10,12H2/t14-/m0/s1. The zero-order valence-corrected chi connectivity index (χ0v) is 16.2. The lowest BCUT2D eigenvalue weighted by Gasteiger charge is -2.33. The van der Waals surface area contributed by atoms with E-state index in [2.05, 4.69) is 27.0 Å². The highest BCUT2D eigenvalue weighted by Crippen LogP contribution is 2.37. The van der Waals surface area contributed by atoms with Crippen molar-refractivity contribution in [1.82, 2.24) is 9.97 Å². The van der Waals surface area contributed by atoms with Crippen molar-refractivity contribution in [3.8, 4) is 17.2 Å². The Labute approximate surface area is 168 Å². The van der Waals surface area contributed by atoms with Crippen molar-refractivity contribution < 1.29 is 0 Å². The lowest BCUT2D eigenvalue weighted by molar-refractivity contribution is 0.420. The first kappa shape index (κ1) is 18.0. The molecule has 1 fully saturated rings. The Bertz CT molecular complexity index is 1020. The quantitative estimate of drug-likeness (QED) is 0.566. The van der Waals surface area contributed by atoms with Gasteiger partial charge in [-0.05, 0) is 48.1 Å². The first-order valence-corrected chi connectivity index (χ1v) is 9.74. The summed E-state index contributed by atoms with van der Waals surface area (Å²) in [6.45, 7) is 1.78. The lowest BCUT2D eigenvalue weighted by Crippen LogP contribution is -2.36. The normalized spacial score (nSPS) is 17.1. The Balaban J connectivity index is 1.84. The van der Waals surface area contributed by atoms with E-state index in [1.54, 1.807) is 6.33 Å². The highest BCUT2D eigenvalue weighted by molar-refractivity contribution is 6.42. The van der Waals surface area contributed by atoms with E-state index in [0.717, 1.165) is 53.8 Å². The molecular formula is C21H18Cl2N4. The van der Waals surface area contributed by atoms with Crippen LogP contribution < -0.4 is 4.90 Å². The summed E-state index contributed by atoms with van der Waals surface area (Å²) in [7, 11) is 0. The van der Waals surface area contributed by atoms with E-state index in [9.17, 15) is 0 Å². The molecule has 27 heavy (non-hydrogen) atoms. The SMILES string of the molecule is N#CC[C@@H]1CCCN(c2ncnc3cccc(-c4ccc(Cl)c(Cl)c4)c23)C1. The number of fused-ring (bicyclic) bond motifs is 1. The van der Waals surface area contributed by atoms with Crippen LogP contribution in [-0.2, 0) is 0 Å². The number of hydrogen-bond acceptors (Lipinski definition) is 4. The van der Waals surface area contributed by atoms with Gasteiger partial charge in [-0.15, -0.1) is 0 Å². The van der Waals surface area contributed by atoms with Crippen molar-refractivity contribution in [1.29, 1.82) is 5.26 Å². The molecule has 136 valence electrons. The third-order valence-electron chi connectivity index (χ3n) is 5.07. The van der Waals surface area contributed by atoms with E-state index >= 15 is 0 Å². The molecule has 1 saturated heterocycles. The minimum Gasteiger partial charge on any atom is -0.356 e. The van der Waals surface area contributed by atoms with Crippen LogP contribution in [0.5, 0.6) is 0 Å². The first-order valence-electron chi connectivity index (χ1n) is 8.98. The molecule has 0 saturated carbocycles. The van der Waals surface area contributed by atoms with Crippen LogP contribution in [0.2, 0.25) is 10.0 Å². The van der Waals surface area contributed by atoms with E-state index in [0.29, 0.717) is 22.4 Å². The van der Waals surface area contributed by atoms with Crippen molar-refractivity contribution in [3.63, 3.8) is 0 Å². The predicted octanol–water partition coefficient (Wildman–Crippen LogP) is 5.73. The number of rotatable bonds is 3. The van der Waals surface area contributed by atoms with E-state index in [-0.39, 0.29) is 0 Å². The summed E-state index contributed by atoms with van der Waals surface area (Å²) in [6.07, 6.45) is 4.35. The molecule has 1 aliphatic rings. The molecule has 1 atom stereocenters. The molecule has 0 N–H and O–H groups in total. The zero-order valence-electron chi connectivity index (χ0n) is 14.7. The van der Waals surface area contributed by atoms with Crippen LogP contribution in [0, 0.1) is 17.2 Å². The number of nitriles is 1. The second-order valence-corrected chi connectivity index (χ2v) is 7.66. The monoisotopic (exact) mass is 396 g/mol. The molecule has 0 radical (unpaired) electrons. The molecule has 0 amide bonds. The van der Waals surface area contributed by atoms with Crippen LogP contribution in [0.3, 0.4) is 0 Å². The van der Waals surface area contributed by atoms with Crippen molar-refractivity contribution in [3.05, 3.63) is 52.8 Å². The molecule has 4 rings (SSSR count). The number of piperidine rings is 1. The summed E-state index contributed by atoms with van der Waals surface area (Å²) in [5.74, 6) is 1.30. The third kappa shape index (κ3) is 3.58. The van der Waals surface area contributed by atoms with Gasteiger partial charge in [0.05, 0.1) is 27.0 Å². The average Bonchev–Trinajstić information content (AvgIpc) is 2.70. The van der Waals surface area contributed by atoms with Gasteiger partial charge in [0.1, 0.15) is 12.1 Å². The maximum atomic E-state index is 9.07. The highest BCUT2D eigenvalue weighted by atomic mass is 35.5. The number of hydrogen-bond donors (Lipinski definition) is 0. The Morgan fingerprint density at radius 3 is 2.85 bits per heavy atom. The van der Waals surface area contributed by atoms with Crippen molar-refractivity contribution >= 4 is 39.9 Å². The summed E-state index contributed by atoms with van der Waals surface area (Å²) in [4.78, 5) is 11.4. The van der Waals surface area contributed by atoms with E-state index < -0.39 is 0 Å². The Hall–Kier alpha value is -2.35.